The van der Waals surface area contributed by atoms with Crippen LogP contribution in [0, 0.1) is 0 Å². The van der Waals surface area contributed by atoms with Gasteiger partial charge in [-0.2, -0.15) is 0 Å². The normalized spacial score (nSPS) is 17.4. The average molecular weight is 355 g/mol. The zero-order chi connectivity index (χ0) is 18.5. The summed E-state index contributed by atoms with van der Waals surface area (Å²) in [5, 5.41) is 9.45. The number of amides is 1. The second kappa shape index (κ2) is 8.34. The van der Waals surface area contributed by atoms with Crippen LogP contribution in [-0.2, 0) is 4.74 Å². The van der Waals surface area contributed by atoms with Crippen LogP contribution < -0.4 is 4.74 Å². The van der Waals surface area contributed by atoms with Crippen LogP contribution in [0.15, 0.2) is 48.5 Å². The highest BCUT2D eigenvalue weighted by Gasteiger charge is 2.27. The van der Waals surface area contributed by atoms with E-state index in [1.54, 1.807) is 4.90 Å². The third kappa shape index (κ3) is 4.23. The number of nitrogens with zero attached hydrogens (tertiary/aromatic N) is 1. The van der Waals surface area contributed by atoms with Crippen molar-refractivity contribution in [1.29, 1.82) is 0 Å². The number of aliphatic hydroxyl groups excluding tert-OH is 1. The summed E-state index contributed by atoms with van der Waals surface area (Å²) in [5.41, 5.74) is 2.68. The van der Waals surface area contributed by atoms with Gasteiger partial charge >= 0.3 is 0 Å². The number of carbonyl (C=O) groups excluding carboxylic acids is 1. The number of rotatable bonds is 5. The minimum Gasteiger partial charge on any atom is -0.491 e. The summed E-state index contributed by atoms with van der Waals surface area (Å²) < 4.78 is 11.1. The molecule has 1 saturated heterocycles. The predicted octanol–water partition coefficient (Wildman–Crippen LogP) is 2.97. The van der Waals surface area contributed by atoms with Crippen LogP contribution >= 0.6 is 0 Å². The molecular weight excluding hydrogens is 330 g/mol. The van der Waals surface area contributed by atoms with Gasteiger partial charge in [-0.05, 0) is 49.2 Å². The molecule has 2 aromatic rings. The molecule has 1 fully saturated rings. The fourth-order valence-electron chi connectivity index (χ4n) is 3.07. The molecule has 0 saturated carbocycles. The number of benzene rings is 2. The van der Waals surface area contributed by atoms with Crippen molar-refractivity contribution in [2.24, 2.45) is 0 Å². The molecule has 1 heterocycles. The van der Waals surface area contributed by atoms with E-state index in [4.69, 9.17) is 9.47 Å². The first-order valence-electron chi connectivity index (χ1n) is 8.95. The van der Waals surface area contributed by atoms with Gasteiger partial charge in [-0.3, -0.25) is 4.79 Å². The summed E-state index contributed by atoms with van der Waals surface area (Å²) in [6.45, 7) is 5.29. The van der Waals surface area contributed by atoms with Crippen molar-refractivity contribution in [2.75, 3.05) is 26.4 Å². The predicted molar refractivity (Wildman–Crippen MR) is 100 cm³/mol. The molecule has 0 spiro atoms. The van der Waals surface area contributed by atoms with E-state index in [2.05, 4.69) is 0 Å². The summed E-state index contributed by atoms with van der Waals surface area (Å²) in [6.07, 6.45) is 0.123. The molecule has 0 unspecified atom stereocenters. The van der Waals surface area contributed by atoms with Gasteiger partial charge in [0.1, 0.15) is 5.75 Å². The van der Waals surface area contributed by atoms with Gasteiger partial charge in [0.15, 0.2) is 0 Å². The maximum absolute atomic E-state index is 12.7. The molecule has 0 radical (unpaired) electrons. The SMILES string of the molecule is CC(C)Oc1cccc(-c2ccc(C(=O)N3CCOC[C@H]3CO)cc2)c1. The van der Waals surface area contributed by atoms with E-state index in [-0.39, 0.29) is 24.7 Å². The topological polar surface area (TPSA) is 59.0 Å². The summed E-state index contributed by atoms with van der Waals surface area (Å²) in [6, 6.07) is 15.2. The molecule has 0 aromatic heterocycles. The van der Waals surface area contributed by atoms with Crippen molar-refractivity contribution < 1.29 is 19.4 Å². The van der Waals surface area contributed by atoms with Crippen molar-refractivity contribution in [3.63, 3.8) is 0 Å². The Kier molecular flexibility index (Phi) is 5.91. The molecule has 5 heteroatoms. The summed E-state index contributed by atoms with van der Waals surface area (Å²) in [5.74, 6) is 0.757. The zero-order valence-corrected chi connectivity index (χ0v) is 15.2. The molecule has 1 aliphatic rings. The van der Waals surface area contributed by atoms with Gasteiger partial charge in [0.2, 0.25) is 0 Å². The fraction of sp³-hybridized carbons (Fsp3) is 0.381. The Bertz CT molecular complexity index is 742. The molecule has 1 N–H and O–H groups in total. The van der Waals surface area contributed by atoms with Crippen molar-refractivity contribution in [2.45, 2.75) is 26.0 Å². The smallest absolute Gasteiger partial charge is 0.254 e. The molecule has 138 valence electrons. The number of aliphatic hydroxyl groups is 1. The molecule has 0 bridgehead atoms. The minimum absolute atomic E-state index is 0.0733. The van der Waals surface area contributed by atoms with E-state index in [1.165, 1.54) is 0 Å². The summed E-state index contributed by atoms with van der Waals surface area (Å²) in [4.78, 5) is 14.4. The van der Waals surface area contributed by atoms with E-state index < -0.39 is 0 Å². The highest BCUT2D eigenvalue weighted by Crippen LogP contribution is 2.25. The van der Waals surface area contributed by atoms with Gasteiger partial charge in [-0.15, -0.1) is 0 Å². The van der Waals surface area contributed by atoms with E-state index in [0.29, 0.717) is 25.3 Å². The van der Waals surface area contributed by atoms with Crippen LogP contribution in [0.25, 0.3) is 11.1 Å². The van der Waals surface area contributed by atoms with Gasteiger partial charge in [-0.1, -0.05) is 24.3 Å². The lowest BCUT2D eigenvalue weighted by Gasteiger charge is -2.34. The Morgan fingerprint density at radius 1 is 1.23 bits per heavy atom. The minimum atomic E-state index is -0.277. The molecule has 1 atom stereocenters. The second-order valence-corrected chi connectivity index (χ2v) is 6.68. The van der Waals surface area contributed by atoms with Crippen molar-refractivity contribution in [3.8, 4) is 16.9 Å². The van der Waals surface area contributed by atoms with Crippen molar-refractivity contribution in [1.82, 2.24) is 4.90 Å². The molecule has 5 nitrogen and oxygen atoms in total. The monoisotopic (exact) mass is 355 g/mol. The Labute approximate surface area is 154 Å². The number of hydrogen-bond acceptors (Lipinski definition) is 4. The summed E-state index contributed by atoms with van der Waals surface area (Å²) in [7, 11) is 0. The first kappa shape index (κ1) is 18.4. The van der Waals surface area contributed by atoms with E-state index in [1.807, 2.05) is 62.4 Å². The van der Waals surface area contributed by atoms with Crippen LogP contribution in [0.1, 0.15) is 24.2 Å². The van der Waals surface area contributed by atoms with Crippen molar-refractivity contribution >= 4 is 5.91 Å². The van der Waals surface area contributed by atoms with Crippen LogP contribution in [-0.4, -0.2) is 54.4 Å². The molecule has 2 aromatic carbocycles. The van der Waals surface area contributed by atoms with Crippen LogP contribution in [0.4, 0.5) is 0 Å². The maximum atomic E-state index is 12.7. The first-order chi connectivity index (χ1) is 12.6. The zero-order valence-electron chi connectivity index (χ0n) is 15.2. The quantitative estimate of drug-likeness (QED) is 0.896. The molecular formula is C21H25NO4. The Morgan fingerprint density at radius 2 is 2.00 bits per heavy atom. The van der Waals surface area contributed by atoms with Crippen LogP contribution in [0.3, 0.4) is 0 Å². The molecule has 1 amide bonds. The number of carbonyl (C=O) groups is 1. The third-order valence-electron chi connectivity index (χ3n) is 4.37. The molecule has 3 rings (SSSR count). The number of morpholine rings is 1. The van der Waals surface area contributed by atoms with Gasteiger partial charge in [0.05, 0.1) is 32.0 Å². The lowest BCUT2D eigenvalue weighted by Crippen LogP contribution is -2.50. The van der Waals surface area contributed by atoms with E-state index in [9.17, 15) is 9.90 Å². The Morgan fingerprint density at radius 3 is 2.69 bits per heavy atom. The van der Waals surface area contributed by atoms with Gasteiger partial charge in [0.25, 0.3) is 5.91 Å². The molecule has 26 heavy (non-hydrogen) atoms. The average Bonchev–Trinajstić information content (AvgIpc) is 2.67. The largest absolute Gasteiger partial charge is 0.491 e. The lowest BCUT2D eigenvalue weighted by molar-refractivity contribution is -0.0183. The van der Waals surface area contributed by atoms with Gasteiger partial charge in [-0.25, -0.2) is 0 Å². The van der Waals surface area contributed by atoms with Gasteiger partial charge < -0.3 is 19.5 Å². The van der Waals surface area contributed by atoms with Crippen molar-refractivity contribution in [3.05, 3.63) is 54.1 Å². The highest BCUT2D eigenvalue weighted by atomic mass is 16.5. The maximum Gasteiger partial charge on any atom is 0.254 e. The van der Waals surface area contributed by atoms with Gasteiger partial charge in [0, 0.05) is 12.1 Å². The van der Waals surface area contributed by atoms with E-state index >= 15 is 0 Å². The number of hydrogen-bond donors (Lipinski definition) is 1. The second-order valence-electron chi connectivity index (χ2n) is 6.68. The van der Waals surface area contributed by atoms with Crippen LogP contribution in [0.2, 0.25) is 0 Å². The highest BCUT2D eigenvalue weighted by molar-refractivity contribution is 5.95. The molecule has 1 aliphatic heterocycles. The Balaban J connectivity index is 1.77. The standard InChI is InChI=1S/C21H25NO4/c1-15(2)26-20-5-3-4-18(12-20)16-6-8-17(9-7-16)21(24)22-10-11-25-14-19(22)13-23/h3-9,12,15,19,23H,10-11,13-14H2,1-2H3/t19-/m1/s1. The molecule has 0 aliphatic carbocycles. The first-order valence-corrected chi connectivity index (χ1v) is 8.95. The third-order valence-corrected chi connectivity index (χ3v) is 4.37. The van der Waals surface area contributed by atoms with E-state index in [0.717, 1.165) is 16.9 Å². The van der Waals surface area contributed by atoms with Crippen LogP contribution in [0.5, 0.6) is 5.75 Å². The number of ether oxygens (including phenoxy) is 2. The summed E-state index contributed by atoms with van der Waals surface area (Å²) >= 11 is 0. The fourth-order valence-corrected chi connectivity index (χ4v) is 3.07. The lowest BCUT2D eigenvalue weighted by atomic mass is 10.0. The Hall–Kier alpha value is -2.37.